The van der Waals surface area contributed by atoms with Gasteiger partial charge in [-0.1, -0.05) is 6.07 Å². The van der Waals surface area contributed by atoms with Gasteiger partial charge in [0.05, 0.1) is 17.2 Å². The minimum atomic E-state index is -0.630. The molecule has 0 saturated heterocycles. The molecule has 0 bridgehead atoms. The lowest BCUT2D eigenvalue weighted by Crippen LogP contribution is -2.14. The van der Waals surface area contributed by atoms with Gasteiger partial charge in [-0.15, -0.1) is 0 Å². The average molecular weight is 347 g/mol. The fourth-order valence-corrected chi connectivity index (χ4v) is 2.18. The Bertz CT molecular complexity index is 795. The smallest absolute Gasteiger partial charge is 0.293 e. The van der Waals surface area contributed by atoms with Crippen LogP contribution in [0.15, 0.2) is 36.4 Å². The monoisotopic (exact) mass is 347 g/mol. The second-order valence-corrected chi connectivity index (χ2v) is 5.35. The van der Waals surface area contributed by atoms with Crippen LogP contribution in [0.1, 0.15) is 15.9 Å². The van der Waals surface area contributed by atoms with Crippen molar-refractivity contribution in [2.45, 2.75) is 6.92 Å². The number of nitrogens with zero attached hydrogens (tertiary/aromatic N) is 1. The molecule has 0 radical (unpaired) electrons. The Hall–Kier alpha value is -3.00. The van der Waals surface area contributed by atoms with Crippen LogP contribution in [0.3, 0.4) is 0 Å². The van der Waals surface area contributed by atoms with E-state index in [-0.39, 0.29) is 22.6 Å². The standard InChI is InChI=1S/C17H18FN3O4/c1-11-3-5-14(13(18)9-11)20-17(22)12-4-6-15(19-7-8-25-2)16(10-12)21(23)24/h3-6,9-10,19H,7-8H2,1-2H3,(H,20,22). The van der Waals surface area contributed by atoms with Crippen molar-refractivity contribution >= 4 is 23.0 Å². The lowest BCUT2D eigenvalue weighted by molar-refractivity contribution is -0.384. The van der Waals surface area contributed by atoms with Crippen molar-refractivity contribution in [3.8, 4) is 0 Å². The highest BCUT2D eigenvalue weighted by Crippen LogP contribution is 2.26. The molecular weight excluding hydrogens is 329 g/mol. The van der Waals surface area contributed by atoms with Crippen molar-refractivity contribution in [1.29, 1.82) is 0 Å². The molecule has 132 valence electrons. The third-order valence-corrected chi connectivity index (χ3v) is 3.45. The third kappa shape index (κ3) is 4.74. The second kappa shape index (κ2) is 8.20. The van der Waals surface area contributed by atoms with Crippen molar-refractivity contribution in [2.75, 3.05) is 30.9 Å². The van der Waals surface area contributed by atoms with Gasteiger partial charge in [-0.3, -0.25) is 14.9 Å². The molecule has 2 rings (SSSR count). The zero-order valence-electron chi connectivity index (χ0n) is 13.8. The fourth-order valence-electron chi connectivity index (χ4n) is 2.18. The molecule has 0 unspecified atom stereocenters. The summed E-state index contributed by atoms with van der Waals surface area (Å²) in [5.74, 6) is -1.20. The zero-order valence-corrected chi connectivity index (χ0v) is 13.8. The molecule has 1 amide bonds. The molecule has 0 aliphatic heterocycles. The third-order valence-electron chi connectivity index (χ3n) is 3.45. The molecule has 0 heterocycles. The van der Waals surface area contributed by atoms with Crippen molar-refractivity contribution in [3.05, 3.63) is 63.5 Å². The number of nitro benzene ring substituents is 1. The largest absolute Gasteiger partial charge is 0.383 e. The molecule has 8 heteroatoms. The number of aryl methyl sites for hydroxylation is 1. The van der Waals surface area contributed by atoms with E-state index in [1.807, 2.05) is 0 Å². The van der Waals surface area contributed by atoms with Crippen LogP contribution in [0.2, 0.25) is 0 Å². The van der Waals surface area contributed by atoms with E-state index in [0.717, 1.165) is 11.6 Å². The summed E-state index contributed by atoms with van der Waals surface area (Å²) in [6.45, 7) is 2.50. The number of carbonyl (C=O) groups is 1. The Kier molecular flexibility index (Phi) is 6.02. The predicted molar refractivity (Wildman–Crippen MR) is 92.6 cm³/mol. The Morgan fingerprint density at radius 1 is 1.24 bits per heavy atom. The van der Waals surface area contributed by atoms with Crippen LogP contribution in [-0.4, -0.2) is 31.1 Å². The van der Waals surface area contributed by atoms with E-state index < -0.39 is 16.6 Å². The SMILES string of the molecule is COCCNc1ccc(C(=O)Nc2ccc(C)cc2F)cc1[N+](=O)[O-]. The van der Waals surface area contributed by atoms with Crippen LogP contribution in [-0.2, 0) is 4.74 Å². The van der Waals surface area contributed by atoms with Crippen molar-refractivity contribution in [3.63, 3.8) is 0 Å². The van der Waals surface area contributed by atoms with E-state index in [1.54, 1.807) is 13.0 Å². The highest BCUT2D eigenvalue weighted by molar-refractivity contribution is 6.05. The molecule has 0 aliphatic rings. The molecule has 0 aromatic heterocycles. The van der Waals surface area contributed by atoms with Gasteiger partial charge in [-0.2, -0.15) is 0 Å². The number of rotatable bonds is 7. The summed E-state index contributed by atoms with van der Waals surface area (Å²) in [7, 11) is 1.52. The highest BCUT2D eigenvalue weighted by atomic mass is 19.1. The van der Waals surface area contributed by atoms with Gasteiger partial charge in [-0.25, -0.2) is 4.39 Å². The lowest BCUT2D eigenvalue weighted by Gasteiger charge is -2.10. The summed E-state index contributed by atoms with van der Waals surface area (Å²) < 4.78 is 18.7. The van der Waals surface area contributed by atoms with E-state index >= 15 is 0 Å². The van der Waals surface area contributed by atoms with Crippen molar-refractivity contribution in [2.24, 2.45) is 0 Å². The normalized spacial score (nSPS) is 10.4. The Labute approximate surface area is 144 Å². The number of nitrogens with one attached hydrogen (secondary N) is 2. The van der Waals surface area contributed by atoms with Crippen LogP contribution in [0, 0.1) is 22.9 Å². The van der Waals surface area contributed by atoms with Gasteiger partial charge in [0.25, 0.3) is 11.6 Å². The van der Waals surface area contributed by atoms with E-state index in [4.69, 9.17) is 4.74 Å². The van der Waals surface area contributed by atoms with Gasteiger partial charge < -0.3 is 15.4 Å². The molecule has 0 fully saturated rings. The Balaban J connectivity index is 2.21. The average Bonchev–Trinajstić information content (AvgIpc) is 2.57. The number of hydrogen-bond donors (Lipinski definition) is 2. The van der Waals surface area contributed by atoms with Gasteiger partial charge in [-0.05, 0) is 36.8 Å². The quantitative estimate of drug-likeness (QED) is 0.455. The van der Waals surface area contributed by atoms with Gasteiger partial charge in [0.15, 0.2) is 0 Å². The minimum absolute atomic E-state index is 0.0144. The molecule has 7 nitrogen and oxygen atoms in total. The van der Waals surface area contributed by atoms with E-state index in [9.17, 15) is 19.3 Å². The summed E-state index contributed by atoms with van der Waals surface area (Å²) in [5, 5.41) is 16.5. The molecular formula is C17H18FN3O4. The van der Waals surface area contributed by atoms with Gasteiger partial charge in [0.2, 0.25) is 0 Å². The first kappa shape index (κ1) is 18.3. The molecule has 0 saturated carbocycles. The summed E-state index contributed by atoms with van der Waals surface area (Å²) in [6, 6.07) is 8.41. The van der Waals surface area contributed by atoms with E-state index in [0.29, 0.717) is 13.2 Å². The van der Waals surface area contributed by atoms with Crippen molar-refractivity contribution < 1.29 is 18.8 Å². The summed E-state index contributed by atoms with van der Waals surface area (Å²) in [5.41, 5.74) is 0.829. The molecule has 25 heavy (non-hydrogen) atoms. The maximum atomic E-state index is 13.8. The molecule has 0 spiro atoms. The fraction of sp³-hybridized carbons (Fsp3) is 0.235. The maximum absolute atomic E-state index is 13.8. The number of carbonyl (C=O) groups excluding carboxylic acids is 1. The summed E-state index contributed by atoms with van der Waals surface area (Å²) in [6.07, 6.45) is 0. The van der Waals surface area contributed by atoms with Gasteiger partial charge in [0.1, 0.15) is 11.5 Å². The number of ether oxygens (including phenoxy) is 1. The van der Waals surface area contributed by atoms with Crippen LogP contribution in [0.25, 0.3) is 0 Å². The predicted octanol–water partition coefficient (Wildman–Crippen LogP) is 3.35. The summed E-state index contributed by atoms with van der Waals surface area (Å²) in [4.78, 5) is 22.9. The summed E-state index contributed by atoms with van der Waals surface area (Å²) >= 11 is 0. The zero-order chi connectivity index (χ0) is 18.4. The second-order valence-electron chi connectivity index (χ2n) is 5.35. The minimum Gasteiger partial charge on any atom is -0.383 e. The van der Waals surface area contributed by atoms with Gasteiger partial charge in [0, 0.05) is 25.3 Å². The number of amides is 1. The van der Waals surface area contributed by atoms with Gasteiger partial charge >= 0.3 is 0 Å². The lowest BCUT2D eigenvalue weighted by atomic mass is 10.1. The Morgan fingerprint density at radius 2 is 1.96 bits per heavy atom. The molecule has 0 aliphatic carbocycles. The Morgan fingerprint density at radius 3 is 2.60 bits per heavy atom. The molecule has 2 aromatic carbocycles. The van der Waals surface area contributed by atoms with Crippen molar-refractivity contribution in [1.82, 2.24) is 0 Å². The molecule has 2 aromatic rings. The first-order chi connectivity index (χ1) is 11.9. The van der Waals surface area contributed by atoms with Crippen LogP contribution < -0.4 is 10.6 Å². The number of halogens is 1. The van der Waals surface area contributed by atoms with E-state index in [2.05, 4.69) is 10.6 Å². The number of benzene rings is 2. The maximum Gasteiger partial charge on any atom is 0.293 e. The first-order valence-electron chi connectivity index (χ1n) is 7.51. The van der Waals surface area contributed by atoms with E-state index in [1.165, 1.54) is 31.4 Å². The molecule has 0 atom stereocenters. The number of nitro groups is 1. The topological polar surface area (TPSA) is 93.5 Å². The number of hydrogen-bond acceptors (Lipinski definition) is 5. The van der Waals surface area contributed by atoms with Crippen LogP contribution >= 0.6 is 0 Å². The number of anilines is 2. The number of methoxy groups -OCH3 is 1. The molecule has 2 N–H and O–H groups in total. The first-order valence-corrected chi connectivity index (χ1v) is 7.51. The van der Waals surface area contributed by atoms with Crippen LogP contribution in [0.5, 0.6) is 0 Å². The highest BCUT2D eigenvalue weighted by Gasteiger charge is 2.18. The van der Waals surface area contributed by atoms with Crippen LogP contribution in [0.4, 0.5) is 21.5 Å².